The van der Waals surface area contributed by atoms with E-state index in [1.807, 2.05) is 0 Å². The van der Waals surface area contributed by atoms with E-state index in [-0.39, 0.29) is 11.3 Å². The van der Waals surface area contributed by atoms with Crippen molar-refractivity contribution in [3.05, 3.63) is 34.1 Å². The fourth-order valence-electron chi connectivity index (χ4n) is 0.932. The Bertz CT molecular complexity index is 338. The molecule has 0 saturated heterocycles. The lowest BCUT2D eigenvalue weighted by atomic mass is 10.1. The fourth-order valence-corrected chi connectivity index (χ4v) is 1.37. The Balaban J connectivity index is 3.13. The molecule has 0 aliphatic rings. The minimum Gasteiger partial charge on any atom is -0.321 e. The lowest BCUT2D eigenvalue weighted by molar-refractivity contribution is 0.0967. The average Bonchev–Trinajstić information content (AvgIpc) is 2.08. The van der Waals surface area contributed by atoms with Crippen LogP contribution in [0.1, 0.15) is 17.3 Å². The molecule has 1 atom stereocenters. The standard InChI is InChI=1S/C9H9BrFNO/c1-5(12)9(13)7-4-6(11)2-3-8(7)10/h2-5H,12H2,1H3. The highest BCUT2D eigenvalue weighted by Crippen LogP contribution is 2.18. The van der Waals surface area contributed by atoms with Gasteiger partial charge in [-0.2, -0.15) is 0 Å². The first-order valence-electron chi connectivity index (χ1n) is 3.77. The van der Waals surface area contributed by atoms with Crippen molar-refractivity contribution in [1.29, 1.82) is 0 Å². The predicted molar refractivity (Wildman–Crippen MR) is 52.1 cm³/mol. The third-order valence-electron chi connectivity index (χ3n) is 1.61. The average molecular weight is 246 g/mol. The zero-order chi connectivity index (χ0) is 10.0. The monoisotopic (exact) mass is 245 g/mol. The number of Topliss-reactive ketones (excluding diaryl/α,β-unsaturated/α-hetero) is 1. The molecule has 2 nitrogen and oxygen atoms in total. The third-order valence-corrected chi connectivity index (χ3v) is 2.30. The summed E-state index contributed by atoms with van der Waals surface area (Å²) in [5.74, 6) is -0.710. The van der Waals surface area contributed by atoms with Crippen molar-refractivity contribution in [2.24, 2.45) is 5.73 Å². The minimum atomic E-state index is -0.613. The van der Waals surface area contributed by atoms with Gasteiger partial charge in [0.25, 0.3) is 0 Å². The van der Waals surface area contributed by atoms with Crippen molar-refractivity contribution in [1.82, 2.24) is 0 Å². The smallest absolute Gasteiger partial charge is 0.180 e. The van der Waals surface area contributed by atoms with Crippen molar-refractivity contribution >= 4 is 21.7 Å². The summed E-state index contributed by atoms with van der Waals surface area (Å²) in [6.45, 7) is 1.57. The summed E-state index contributed by atoms with van der Waals surface area (Å²) in [6, 6.07) is 3.33. The van der Waals surface area contributed by atoms with Crippen molar-refractivity contribution in [2.45, 2.75) is 13.0 Å². The van der Waals surface area contributed by atoms with E-state index in [1.54, 1.807) is 6.92 Å². The molecule has 0 radical (unpaired) electrons. The molecule has 2 N–H and O–H groups in total. The maximum Gasteiger partial charge on any atom is 0.180 e. The van der Waals surface area contributed by atoms with Crippen molar-refractivity contribution in [3.63, 3.8) is 0 Å². The number of hydrogen-bond acceptors (Lipinski definition) is 2. The van der Waals surface area contributed by atoms with Gasteiger partial charge >= 0.3 is 0 Å². The number of ketones is 1. The van der Waals surface area contributed by atoms with Crippen LogP contribution in [-0.2, 0) is 0 Å². The van der Waals surface area contributed by atoms with Crippen LogP contribution in [0.5, 0.6) is 0 Å². The molecular weight excluding hydrogens is 237 g/mol. The summed E-state index contributed by atoms with van der Waals surface area (Å²) >= 11 is 3.16. The zero-order valence-corrected chi connectivity index (χ0v) is 8.64. The number of benzene rings is 1. The Morgan fingerprint density at radius 2 is 2.23 bits per heavy atom. The minimum absolute atomic E-state index is 0.272. The van der Waals surface area contributed by atoms with Gasteiger partial charge in [0.2, 0.25) is 0 Å². The molecule has 0 aliphatic carbocycles. The van der Waals surface area contributed by atoms with Gasteiger partial charge in [0.15, 0.2) is 5.78 Å². The Labute approximate surface area is 84.1 Å². The number of nitrogens with two attached hydrogens (primary N) is 1. The predicted octanol–water partition coefficient (Wildman–Crippen LogP) is 2.12. The van der Waals surface area contributed by atoms with Crippen LogP contribution in [0, 0.1) is 5.82 Å². The van der Waals surface area contributed by atoms with E-state index in [0.29, 0.717) is 4.47 Å². The molecule has 4 heteroatoms. The van der Waals surface area contributed by atoms with Crippen LogP contribution in [0.25, 0.3) is 0 Å². The van der Waals surface area contributed by atoms with Crippen LogP contribution in [0.2, 0.25) is 0 Å². The first kappa shape index (κ1) is 10.3. The van der Waals surface area contributed by atoms with Gasteiger partial charge in [0, 0.05) is 10.0 Å². The van der Waals surface area contributed by atoms with E-state index in [9.17, 15) is 9.18 Å². The molecule has 0 aliphatic heterocycles. The second kappa shape index (κ2) is 3.98. The fraction of sp³-hybridized carbons (Fsp3) is 0.222. The SMILES string of the molecule is CC(N)C(=O)c1cc(F)ccc1Br. The van der Waals surface area contributed by atoms with Gasteiger partial charge < -0.3 is 5.73 Å². The summed E-state index contributed by atoms with van der Waals surface area (Å²) in [4.78, 5) is 11.4. The third kappa shape index (κ3) is 2.35. The van der Waals surface area contributed by atoms with Crippen LogP contribution in [0.4, 0.5) is 4.39 Å². The van der Waals surface area contributed by atoms with Crippen LogP contribution >= 0.6 is 15.9 Å². The summed E-state index contributed by atoms with van der Waals surface area (Å²) in [5.41, 5.74) is 5.68. The van der Waals surface area contributed by atoms with Crippen LogP contribution in [0.15, 0.2) is 22.7 Å². The van der Waals surface area contributed by atoms with Crippen molar-refractivity contribution in [3.8, 4) is 0 Å². The van der Waals surface area contributed by atoms with Gasteiger partial charge in [-0.15, -0.1) is 0 Å². The zero-order valence-electron chi connectivity index (χ0n) is 7.05. The molecule has 0 saturated carbocycles. The number of carbonyl (C=O) groups excluding carboxylic acids is 1. The molecule has 1 rings (SSSR count). The molecular formula is C9H9BrFNO. The van der Waals surface area contributed by atoms with Gasteiger partial charge in [0.05, 0.1) is 6.04 Å². The molecule has 0 fully saturated rings. The first-order chi connectivity index (χ1) is 6.02. The van der Waals surface area contributed by atoms with Crippen molar-refractivity contribution < 1.29 is 9.18 Å². The maximum atomic E-state index is 12.8. The molecule has 0 bridgehead atoms. The van der Waals surface area contributed by atoms with Gasteiger partial charge in [0.1, 0.15) is 5.82 Å². The Hall–Kier alpha value is -0.740. The summed E-state index contributed by atoms with van der Waals surface area (Å²) in [7, 11) is 0. The maximum absolute atomic E-state index is 12.8. The second-order valence-electron chi connectivity index (χ2n) is 2.78. The highest BCUT2D eigenvalue weighted by Gasteiger charge is 2.14. The highest BCUT2D eigenvalue weighted by molar-refractivity contribution is 9.10. The highest BCUT2D eigenvalue weighted by atomic mass is 79.9. The summed E-state index contributed by atoms with van der Waals surface area (Å²) < 4.78 is 13.3. The lowest BCUT2D eigenvalue weighted by Gasteiger charge is -2.06. The van der Waals surface area contributed by atoms with E-state index in [0.717, 1.165) is 0 Å². The summed E-state index contributed by atoms with van der Waals surface area (Å²) in [5, 5.41) is 0. The van der Waals surface area contributed by atoms with Gasteiger partial charge in [-0.05, 0) is 25.1 Å². The Morgan fingerprint density at radius 1 is 1.62 bits per heavy atom. The number of carbonyl (C=O) groups is 1. The number of rotatable bonds is 2. The molecule has 0 heterocycles. The molecule has 13 heavy (non-hydrogen) atoms. The lowest BCUT2D eigenvalue weighted by Crippen LogP contribution is -2.27. The molecule has 1 unspecified atom stereocenters. The largest absolute Gasteiger partial charge is 0.321 e. The topological polar surface area (TPSA) is 43.1 Å². The van der Waals surface area contributed by atoms with Gasteiger partial charge in [-0.3, -0.25) is 4.79 Å². The molecule has 0 amide bonds. The first-order valence-corrected chi connectivity index (χ1v) is 4.56. The van der Waals surface area contributed by atoms with Crippen LogP contribution < -0.4 is 5.73 Å². The Kier molecular flexibility index (Phi) is 3.17. The number of hydrogen-bond donors (Lipinski definition) is 1. The quantitative estimate of drug-likeness (QED) is 0.812. The second-order valence-corrected chi connectivity index (χ2v) is 3.63. The molecule has 70 valence electrons. The molecule has 1 aromatic rings. The van der Waals surface area contributed by atoms with E-state index >= 15 is 0 Å². The molecule has 1 aromatic carbocycles. The van der Waals surface area contributed by atoms with E-state index < -0.39 is 11.9 Å². The summed E-state index contributed by atoms with van der Waals surface area (Å²) in [6.07, 6.45) is 0. The van der Waals surface area contributed by atoms with E-state index in [2.05, 4.69) is 15.9 Å². The van der Waals surface area contributed by atoms with Crippen molar-refractivity contribution in [2.75, 3.05) is 0 Å². The Morgan fingerprint density at radius 3 is 2.77 bits per heavy atom. The molecule has 0 spiro atoms. The van der Waals surface area contributed by atoms with Gasteiger partial charge in [-0.1, -0.05) is 15.9 Å². The number of halogens is 2. The van der Waals surface area contributed by atoms with Gasteiger partial charge in [-0.25, -0.2) is 4.39 Å². The van der Waals surface area contributed by atoms with Crippen LogP contribution in [-0.4, -0.2) is 11.8 Å². The molecule has 0 aromatic heterocycles. The van der Waals surface area contributed by atoms with E-state index in [4.69, 9.17) is 5.73 Å². The normalized spacial score (nSPS) is 12.6. The van der Waals surface area contributed by atoms with Crippen LogP contribution in [0.3, 0.4) is 0 Å². The van der Waals surface area contributed by atoms with E-state index in [1.165, 1.54) is 18.2 Å².